The van der Waals surface area contributed by atoms with Crippen LogP contribution in [0.4, 0.5) is 0 Å². The van der Waals surface area contributed by atoms with Crippen molar-refractivity contribution in [1.82, 2.24) is 15.3 Å². The highest BCUT2D eigenvalue weighted by Gasteiger charge is 2.45. The minimum absolute atomic E-state index is 0.0274. The molecular formula is C19H25N3O. The van der Waals surface area contributed by atoms with Crippen LogP contribution in [-0.4, -0.2) is 22.4 Å². The predicted molar refractivity (Wildman–Crippen MR) is 91.0 cm³/mol. The number of aromatic nitrogens is 2. The summed E-state index contributed by atoms with van der Waals surface area (Å²) in [5, 5.41) is 3.15. The second kappa shape index (κ2) is 6.57. The predicted octanol–water partition coefficient (Wildman–Crippen LogP) is 3.48. The van der Waals surface area contributed by atoms with Crippen molar-refractivity contribution in [2.45, 2.75) is 39.0 Å². The lowest BCUT2D eigenvalue weighted by Gasteiger charge is -2.21. The number of hydrogen-bond acceptors (Lipinski definition) is 2. The minimum atomic E-state index is -0.0274. The van der Waals surface area contributed by atoms with E-state index >= 15 is 0 Å². The van der Waals surface area contributed by atoms with Gasteiger partial charge in [-0.25, -0.2) is 4.98 Å². The van der Waals surface area contributed by atoms with Gasteiger partial charge in [0.1, 0.15) is 5.82 Å². The minimum Gasteiger partial charge on any atom is -0.356 e. The van der Waals surface area contributed by atoms with Crippen LogP contribution in [0.15, 0.2) is 42.7 Å². The molecule has 1 unspecified atom stereocenters. The molecule has 122 valence electrons. The highest BCUT2D eigenvalue weighted by atomic mass is 16.1. The van der Waals surface area contributed by atoms with Crippen LogP contribution in [0.25, 0.3) is 0 Å². The highest BCUT2D eigenvalue weighted by molar-refractivity contribution is 5.77. The van der Waals surface area contributed by atoms with Gasteiger partial charge in [-0.2, -0.15) is 0 Å². The van der Waals surface area contributed by atoms with Gasteiger partial charge < -0.3 is 10.3 Å². The Hall–Kier alpha value is -2.10. The largest absolute Gasteiger partial charge is 0.356 e. The number of carbonyl (C=O) groups is 1. The Balaban J connectivity index is 1.66. The number of H-pyrrole nitrogens is 1. The molecule has 1 aliphatic carbocycles. The van der Waals surface area contributed by atoms with Crippen LogP contribution in [0.5, 0.6) is 0 Å². The molecule has 2 aromatic rings. The van der Waals surface area contributed by atoms with Crippen LogP contribution in [0, 0.1) is 11.3 Å². The Bertz CT molecular complexity index is 630. The molecular weight excluding hydrogens is 286 g/mol. The third kappa shape index (κ3) is 3.63. The van der Waals surface area contributed by atoms with Gasteiger partial charge in [0.05, 0.1) is 5.92 Å². The number of nitrogens with zero attached hydrogens (tertiary/aromatic N) is 1. The average molecular weight is 311 g/mol. The molecule has 3 rings (SSSR count). The molecule has 0 bridgehead atoms. The molecule has 0 spiro atoms. The van der Waals surface area contributed by atoms with Crippen LogP contribution in [0.1, 0.15) is 50.4 Å². The van der Waals surface area contributed by atoms with Crippen molar-refractivity contribution < 1.29 is 4.79 Å². The van der Waals surface area contributed by atoms with Gasteiger partial charge in [0, 0.05) is 25.4 Å². The Labute approximate surface area is 137 Å². The van der Waals surface area contributed by atoms with Gasteiger partial charge in [-0.3, -0.25) is 4.79 Å². The van der Waals surface area contributed by atoms with E-state index in [1.807, 2.05) is 18.2 Å². The molecule has 1 aliphatic rings. The summed E-state index contributed by atoms with van der Waals surface area (Å²) in [6, 6.07) is 10.1. The lowest BCUT2D eigenvalue weighted by Crippen LogP contribution is -2.33. The van der Waals surface area contributed by atoms with E-state index < -0.39 is 0 Å². The fraction of sp³-hybridized carbons (Fsp3) is 0.474. The topological polar surface area (TPSA) is 57.8 Å². The molecule has 0 radical (unpaired) electrons. The quantitative estimate of drug-likeness (QED) is 0.822. The molecule has 0 saturated heterocycles. The zero-order valence-electron chi connectivity index (χ0n) is 13.9. The van der Waals surface area contributed by atoms with Crippen LogP contribution in [0.2, 0.25) is 0 Å². The van der Waals surface area contributed by atoms with Crippen molar-refractivity contribution in [2.75, 3.05) is 6.54 Å². The van der Waals surface area contributed by atoms with Gasteiger partial charge in [0.15, 0.2) is 0 Å². The molecule has 1 aromatic heterocycles. The first kappa shape index (κ1) is 15.8. The van der Waals surface area contributed by atoms with Crippen LogP contribution in [0.3, 0.4) is 0 Å². The Morgan fingerprint density at radius 3 is 2.61 bits per heavy atom. The van der Waals surface area contributed by atoms with Gasteiger partial charge in [0.2, 0.25) is 5.91 Å². The van der Waals surface area contributed by atoms with Crippen molar-refractivity contribution in [1.29, 1.82) is 0 Å². The second-order valence-corrected chi connectivity index (χ2v) is 6.94. The number of carbonyl (C=O) groups excluding carboxylic acids is 1. The van der Waals surface area contributed by atoms with Crippen LogP contribution in [-0.2, 0) is 4.79 Å². The van der Waals surface area contributed by atoms with Gasteiger partial charge in [-0.15, -0.1) is 0 Å². The molecule has 1 amide bonds. The number of hydrogen-bond donors (Lipinski definition) is 2. The first-order chi connectivity index (χ1) is 11.1. The summed E-state index contributed by atoms with van der Waals surface area (Å²) in [5.41, 5.74) is 1.45. The van der Waals surface area contributed by atoms with Crippen molar-refractivity contribution in [3.8, 4) is 0 Å². The van der Waals surface area contributed by atoms with Crippen molar-refractivity contribution in [3.63, 3.8) is 0 Å². The first-order valence-corrected chi connectivity index (χ1v) is 8.42. The van der Waals surface area contributed by atoms with Crippen LogP contribution < -0.4 is 5.32 Å². The average Bonchev–Trinajstić information content (AvgIpc) is 3.17. The maximum atomic E-state index is 12.5. The number of imidazole rings is 1. The zero-order chi connectivity index (χ0) is 16.3. The lowest BCUT2D eigenvalue weighted by molar-refractivity contribution is -0.121. The van der Waals surface area contributed by atoms with Crippen molar-refractivity contribution in [3.05, 3.63) is 54.1 Å². The van der Waals surface area contributed by atoms with E-state index in [1.54, 1.807) is 12.4 Å². The zero-order valence-corrected chi connectivity index (χ0v) is 13.9. The fourth-order valence-electron chi connectivity index (χ4n) is 3.18. The maximum Gasteiger partial charge on any atom is 0.221 e. The monoisotopic (exact) mass is 311 g/mol. The molecule has 4 nitrogen and oxygen atoms in total. The van der Waals surface area contributed by atoms with E-state index in [9.17, 15) is 4.79 Å². The van der Waals surface area contributed by atoms with Gasteiger partial charge >= 0.3 is 0 Å². The third-order valence-electron chi connectivity index (χ3n) is 5.20. The molecule has 0 aliphatic heterocycles. The molecule has 2 N–H and O–H groups in total. The maximum absolute atomic E-state index is 12.5. The van der Waals surface area contributed by atoms with Crippen molar-refractivity contribution >= 4 is 5.91 Å². The SMILES string of the molecule is CC(C)C1(CNC(=O)CC(c2ccccc2)c2ncc[nH]2)CC1. The number of rotatable bonds is 7. The highest BCUT2D eigenvalue weighted by Crippen LogP contribution is 2.51. The molecule has 4 heteroatoms. The molecule has 1 fully saturated rings. The van der Waals surface area contributed by atoms with Crippen LogP contribution >= 0.6 is 0 Å². The van der Waals surface area contributed by atoms with Crippen molar-refractivity contribution in [2.24, 2.45) is 11.3 Å². The number of nitrogens with one attached hydrogen (secondary N) is 2. The van der Waals surface area contributed by atoms with E-state index in [1.165, 1.54) is 12.8 Å². The number of benzene rings is 1. The van der Waals surface area contributed by atoms with E-state index in [2.05, 4.69) is 41.3 Å². The van der Waals surface area contributed by atoms with Gasteiger partial charge in [-0.05, 0) is 29.7 Å². The summed E-state index contributed by atoms with van der Waals surface area (Å²) < 4.78 is 0. The standard InChI is InChI=1S/C19H25N3O/c1-14(2)19(8-9-19)13-22-17(23)12-16(18-20-10-11-21-18)15-6-4-3-5-7-15/h3-7,10-11,14,16H,8-9,12-13H2,1-2H3,(H,20,21)(H,22,23). The van der Waals surface area contributed by atoms with E-state index in [0.29, 0.717) is 17.8 Å². The molecule has 1 atom stereocenters. The number of aromatic amines is 1. The summed E-state index contributed by atoms with van der Waals surface area (Å²) in [6.07, 6.45) is 6.42. The molecule has 1 heterocycles. The Morgan fingerprint density at radius 1 is 1.30 bits per heavy atom. The smallest absolute Gasteiger partial charge is 0.221 e. The summed E-state index contributed by atoms with van der Waals surface area (Å²) in [7, 11) is 0. The van der Waals surface area contributed by atoms with Gasteiger partial charge in [-0.1, -0.05) is 44.2 Å². The normalized spacial score (nSPS) is 17.0. The molecule has 1 saturated carbocycles. The third-order valence-corrected chi connectivity index (χ3v) is 5.20. The summed E-state index contributed by atoms with van der Waals surface area (Å²) in [5.74, 6) is 1.54. The Kier molecular flexibility index (Phi) is 4.51. The second-order valence-electron chi connectivity index (χ2n) is 6.94. The first-order valence-electron chi connectivity index (χ1n) is 8.42. The number of amides is 1. The summed E-state index contributed by atoms with van der Waals surface area (Å²) in [6.45, 7) is 5.28. The van der Waals surface area contributed by atoms with Gasteiger partial charge in [0.25, 0.3) is 0 Å². The van der Waals surface area contributed by atoms with E-state index in [4.69, 9.17) is 0 Å². The summed E-state index contributed by atoms with van der Waals surface area (Å²) >= 11 is 0. The fourth-order valence-corrected chi connectivity index (χ4v) is 3.18. The molecule has 23 heavy (non-hydrogen) atoms. The molecule has 1 aromatic carbocycles. The summed E-state index contributed by atoms with van der Waals surface area (Å²) in [4.78, 5) is 20.0. The van der Waals surface area contributed by atoms with E-state index in [0.717, 1.165) is 17.9 Å². The lowest BCUT2D eigenvalue weighted by atomic mass is 9.91. The van der Waals surface area contributed by atoms with E-state index in [-0.39, 0.29) is 11.8 Å². The Morgan fingerprint density at radius 2 is 2.04 bits per heavy atom.